The highest BCUT2D eigenvalue weighted by atomic mass is 16.7. The molecule has 21 heavy (non-hydrogen) atoms. The zero-order valence-electron chi connectivity index (χ0n) is 11.9. The van der Waals surface area contributed by atoms with Gasteiger partial charge in [-0.15, -0.1) is 0 Å². The largest absolute Gasteiger partial charge is 0.506 e. The molecule has 114 valence electrons. The van der Waals surface area contributed by atoms with E-state index in [9.17, 15) is 14.4 Å². The zero-order valence-corrected chi connectivity index (χ0v) is 11.9. The van der Waals surface area contributed by atoms with Gasteiger partial charge in [0.15, 0.2) is 0 Å². The molecule has 1 aromatic carbocycles. The van der Waals surface area contributed by atoms with Gasteiger partial charge in [-0.25, -0.2) is 4.79 Å². The van der Waals surface area contributed by atoms with Crippen LogP contribution in [0.2, 0.25) is 0 Å². The number of benzene rings is 1. The van der Waals surface area contributed by atoms with Crippen LogP contribution in [0.5, 0.6) is 0 Å². The number of rotatable bonds is 4. The molecule has 0 aliphatic carbocycles. The molecule has 0 spiro atoms. The van der Waals surface area contributed by atoms with Crippen molar-refractivity contribution in [3.05, 3.63) is 35.9 Å². The Morgan fingerprint density at radius 3 is 2.19 bits per heavy atom. The van der Waals surface area contributed by atoms with Crippen LogP contribution in [0.25, 0.3) is 0 Å². The molecule has 6 nitrogen and oxygen atoms in total. The quantitative estimate of drug-likeness (QED) is 0.657. The van der Waals surface area contributed by atoms with Crippen LogP contribution in [-0.4, -0.2) is 23.1 Å². The fourth-order valence-electron chi connectivity index (χ4n) is 1.85. The third-order valence-electron chi connectivity index (χ3n) is 2.82. The first-order chi connectivity index (χ1) is 10.0. The molecule has 1 aliphatic heterocycles. The third kappa shape index (κ3) is 6.56. The molecule has 6 heteroatoms. The number of imide groups is 1. The van der Waals surface area contributed by atoms with Gasteiger partial charge in [-0.3, -0.25) is 14.9 Å². The Hall–Kier alpha value is -2.37. The Labute approximate surface area is 123 Å². The van der Waals surface area contributed by atoms with Crippen LogP contribution in [0.3, 0.4) is 0 Å². The Balaban J connectivity index is 0.000000262. The number of carbonyl (C=O) groups excluding carboxylic acids is 2. The van der Waals surface area contributed by atoms with Gasteiger partial charge < -0.3 is 9.84 Å². The van der Waals surface area contributed by atoms with Crippen molar-refractivity contribution in [1.82, 2.24) is 5.32 Å². The minimum atomic E-state index is -1.22. The molecule has 1 unspecified atom stereocenters. The van der Waals surface area contributed by atoms with Crippen LogP contribution in [0.15, 0.2) is 30.3 Å². The highest BCUT2D eigenvalue weighted by Gasteiger charge is 2.16. The Morgan fingerprint density at radius 1 is 1.24 bits per heavy atom. The van der Waals surface area contributed by atoms with Crippen molar-refractivity contribution < 1.29 is 24.2 Å². The maximum atomic E-state index is 10.4. The van der Waals surface area contributed by atoms with E-state index >= 15 is 0 Å². The minimum absolute atomic E-state index is 0.148. The van der Waals surface area contributed by atoms with Gasteiger partial charge in [0, 0.05) is 12.8 Å². The maximum absolute atomic E-state index is 10.4. The second-order valence-electron chi connectivity index (χ2n) is 4.54. The van der Waals surface area contributed by atoms with E-state index in [4.69, 9.17) is 9.84 Å². The highest BCUT2D eigenvalue weighted by Crippen LogP contribution is 2.22. The summed E-state index contributed by atoms with van der Waals surface area (Å²) < 4.78 is 4.79. The van der Waals surface area contributed by atoms with Crippen LogP contribution in [0.4, 0.5) is 4.79 Å². The van der Waals surface area contributed by atoms with Crippen molar-refractivity contribution in [3.63, 3.8) is 0 Å². The van der Waals surface area contributed by atoms with Gasteiger partial charge >= 0.3 is 6.16 Å². The van der Waals surface area contributed by atoms with Gasteiger partial charge in [0.2, 0.25) is 11.8 Å². The van der Waals surface area contributed by atoms with E-state index in [1.165, 1.54) is 0 Å². The van der Waals surface area contributed by atoms with E-state index in [-0.39, 0.29) is 17.9 Å². The predicted octanol–water partition coefficient (Wildman–Crippen LogP) is 2.65. The van der Waals surface area contributed by atoms with Crippen LogP contribution in [-0.2, 0) is 14.3 Å². The van der Waals surface area contributed by atoms with E-state index in [1.807, 2.05) is 37.3 Å². The van der Waals surface area contributed by atoms with Gasteiger partial charge in [0.05, 0.1) is 0 Å². The van der Waals surface area contributed by atoms with E-state index in [0.29, 0.717) is 12.8 Å². The SMILES string of the molecule is CCCC(OC(=O)O)c1ccccc1.O=C1CCC(=O)N1. The van der Waals surface area contributed by atoms with Gasteiger partial charge in [-0.2, -0.15) is 0 Å². The third-order valence-corrected chi connectivity index (χ3v) is 2.82. The monoisotopic (exact) mass is 293 g/mol. The number of hydrogen-bond acceptors (Lipinski definition) is 4. The Kier molecular flexibility index (Phi) is 6.94. The van der Waals surface area contributed by atoms with Crippen molar-refractivity contribution in [2.45, 2.75) is 38.7 Å². The molecule has 0 bridgehead atoms. The molecule has 0 radical (unpaired) electrons. The molecule has 2 amide bonds. The van der Waals surface area contributed by atoms with Crippen LogP contribution < -0.4 is 5.32 Å². The van der Waals surface area contributed by atoms with E-state index in [2.05, 4.69) is 5.32 Å². The number of hydrogen-bond donors (Lipinski definition) is 2. The number of carbonyl (C=O) groups is 3. The molecule has 1 aliphatic rings. The lowest BCUT2D eigenvalue weighted by atomic mass is 10.1. The molecule has 1 heterocycles. The van der Waals surface area contributed by atoms with Crippen molar-refractivity contribution >= 4 is 18.0 Å². The summed E-state index contributed by atoms with van der Waals surface area (Å²) in [6.07, 6.45) is 0.812. The zero-order chi connectivity index (χ0) is 15.7. The van der Waals surface area contributed by atoms with Crippen molar-refractivity contribution in [1.29, 1.82) is 0 Å². The van der Waals surface area contributed by atoms with Crippen LogP contribution in [0, 0.1) is 0 Å². The summed E-state index contributed by atoms with van der Waals surface area (Å²) in [7, 11) is 0. The lowest BCUT2D eigenvalue weighted by Gasteiger charge is -2.14. The summed E-state index contributed by atoms with van der Waals surface area (Å²) in [4.78, 5) is 30.7. The smallest absolute Gasteiger partial charge is 0.450 e. The van der Waals surface area contributed by atoms with E-state index in [1.54, 1.807) is 0 Å². The molecule has 0 saturated carbocycles. The second kappa shape index (κ2) is 8.73. The highest BCUT2D eigenvalue weighted by molar-refractivity contribution is 6.01. The molecule has 0 aromatic heterocycles. The number of carboxylic acid groups (broad SMARTS) is 1. The van der Waals surface area contributed by atoms with E-state index < -0.39 is 6.16 Å². The average molecular weight is 293 g/mol. The molecule has 2 N–H and O–H groups in total. The van der Waals surface area contributed by atoms with Crippen LogP contribution in [0.1, 0.15) is 44.3 Å². The fraction of sp³-hybridized carbons (Fsp3) is 0.400. The van der Waals surface area contributed by atoms with E-state index in [0.717, 1.165) is 18.4 Å². The summed E-state index contributed by atoms with van der Waals surface area (Å²) in [5.74, 6) is -0.296. The van der Waals surface area contributed by atoms with Gasteiger partial charge in [0.25, 0.3) is 0 Å². The summed E-state index contributed by atoms with van der Waals surface area (Å²) >= 11 is 0. The molecule has 2 rings (SSSR count). The first-order valence-corrected chi connectivity index (χ1v) is 6.80. The molecule has 1 atom stereocenters. The van der Waals surface area contributed by atoms with Crippen LogP contribution >= 0.6 is 0 Å². The first kappa shape index (κ1) is 16.7. The molecular formula is C15H19NO5. The summed E-state index contributed by atoms with van der Waals surface area (Å²) in [5.41, 5.74) is 0.914. The molecule has 1 aromatic rings. The second-order valence-corrected chi connectivity index (χ2v) is 4.54. The average Bonchev–Trinajstić information content (AvgIpc) is 2.83. The summed E-state index contributed by atoms with van der Waals surface area (Å²) in [6, 6.07) is 9.41. The first-order valence-electron chi connectivity index (χ1n) is 6.80. The minimum Gasteiger partial charge on any atom is -0.450 e. The number of nitrogens with one attached hydrogen (secondary N) is 1. The Morgan fingerprint density at radius 2 is 1.81 bits per heavy atom. The number of ether oxygens (including phenoxy) is 1. The van der Waals surface area contributed by atoms with Crippen molar-refractivity contribution in [2.75, 3.05) is 0 Å². The lowest BCUT2D eigenvalue weighted by Crippen LogP contribution is -2.18. The van der Waals surface area contributed by atoms with Crippen molar-refractivity contribution in [3.8, 4) is 0 Å². The van der Waals surface area contributed by atoms with Gasteiger partial charge in [-0.1, -0.05) is 43.7 Å². The lowest BCUT2D eigenvalue weighted by molar-refractivity contribution is -0.124. The standard InChI is InChI=1S/C11H14O3.C4H5NO2/c1-2-6-10(14-11(12)13)9-7-4-3-5-8-9;6-3-1-2-4(7)5-3/h3-5,7-8,10H,2,6H2,1H3,(H,12,13);1-2H2,(H,5,6,7). The topological polar surface area (TPSA) is 92.7 Å². The molecular weight excluding hydrogens is 274 g/mol. The number of amides is 2. The fourth-order valence-corrected chi connectivity index (χ4v) is 1.85. The van der Waals surface area contributed by atoms with Crippen molar-refractivity contribution in [2.24, 2.45) is 0 Å². The van der Waals surface area contributed by atoms with Gasteiger partial charge in [0.1, 0.15) is 6.10 Å². The van der Waals surface area contributed by atoms with Gasteiger partial charge in [-0.05, 0) is 12.0 Å². The summed E-state index contributed by atoms with van der Waals surface area (Å²) in [5, 5.41) is 10.7. The molecule has 1 saturated heterocycles. The summed E-state index contributed by atoms with van der Waals surface area (Å²) in [6.45, 7) is 2.00. The normalized spacial score (nSPS) is 14.7. The predicted molar refractivity (Wildman–Crippen MR) is 75.6 cm³/mol. The maximum Gasteiger partial charge on any atom is 0.506 e. The Bertz CT molecular complexity index is 472. The molecule has 1 fully saturated rings.